The molecule has 0 saturated heterocycles. The molecule has 0 aliphatic heterocycles. The van der Waals surface area contributed by atoms with Gasteiger partial charge in [-0.2, -0.15) is 0 Å². The van der Waals surface area contributed by atoms with E-state index in [2.05, 4.69) is 215 Å². The summed E-state index contributed by atoms with van der Waals surface area (Å²) >= 11 is 1.89. The summed E-state index contributed by atoms with van der Waals surface area (Å²) in [5.41, 5.74) is 14.6. The Labute approximate surface area is 333 Å². The zero-order chi connectivity index (χ0) is 37.5. The van der Waals surface area contributed by atoms with Gasteiger partial charge in [0.15, 0.2) is 0 Å². The van der Waals surface area contributed by atoms with Gasteiger partial charge in [0, 0.05) is 42.6 Å². The number of benzene rings is 9. The van der Waals surface area contributed by atoms with Gasteiger partial charge in [0.05, 0.1) is 38.1 Å². The molecule has 12 rings (SSSR count). The Bertz CT molecular complexity index is 3510. The number of thiophene rings is 1. The Morgan fingerprint density at radius 2 is 0.772 bits per heavy atom. The lowest BCUT2D eigenvalue weighted by Gasteiger charge is -2.14. The fourth-order valence-electron chi connectivity index (χ4n) is 9.12. The first-order chi connectivity index (χ1) is 28.3. The van der Waals surface area contributed by atoms with E-state index in [1.54, 1.807) is 0 Å². The highest BCUT2D eigenvalue weighted by molar-refractivity contribution is 7.26. The molecule has 12 aromatic rings. The standard InChI is InChI=1S/C54H34N2S/c1-3-14-35(15-4-1)39-26-29-43-44-21-13-25-52(54(44)57-53(43)34-39)56-49-24-12-9-20-42(49)46-33-38(28-31-51(46)56)37-27-30-50-45(32-37)41-19-8-11-23-48(41)55(50)47-22-10-7-18-40(47)36-16-5-2-6-17-36/h1-34H. The average Bonchev–Trinajstić information content (AvgIpc) is 3.94. The third-order valence-electron chi connectivity index (χ3n) is 11.7. The van der Waals surface area contributed by atoms with Gasteiger partial charge in [-0.15, -0.1) is 11.3 Å². The summed E-state index contributed by atoms with van der Waals surface area (Å²) in [4.78, 5) is 0. The first-order valence-electron chi connectivity index (χ1n) is 19.5. The third kappa shape index (κ3) is 4.96. The van der Waals surface area contributed by atoms with E-state index in [1.807, 2.05) is 11.3 Å². The van der Waals surface area contributed by atoms with E-state index in [1.165, 1.54) is 109 Å². The number of fused-ring (bicyclic) bond motifs is 9. The lowest BCUT2D eigenvalue weighted by molar-refractivity contribution is 1.18. The quantitative estimate of drug-likeness (QED) is 0.166. The molecule has 0 atom stereocenters. The van der Waals surface area contributed by atoms with Gasteiger partial charge < -0.3 is 9.13 Å². The van der Waals surface area contributed by atoms with Gasteiger partial charge in [-0.25, -0.2) is 0 Å². The van der Waals surface area contributed by atoms with Crippen molar-refractivity contribution in [2.45, 2.75) is 0 Å². The van der Waals surface area contributed by atoms with Gasteiger partial charge in [0.2, 0.25) is 0 Å². The van der Waals surface area contributed by atoms with Crippen LogP contribution in [-0.4, -0.2) is 9.13 Å². The summed E-state index contributed by atoms with van der Waals surface area (Å²) in [6.07, 6.45) is 0. The largest absolute Gasteiger partial charge is 0.309 e. The lowest BCUT2D eigenvalue weighted by Crippen LogP contribution is -1.97. The molecule has 0 spiro atoms. The highest BCUT2D eigenvalue weighted by Gasteiger charge is 2.19. The van der Waals surface area contributed by atoms with E-state index >= 15 is 0 Å². The van der Waals surface area contributed by atoms with Gasteiger partial charge >= 0.3 is 0 Å². The van der Waals surface area contributed by atoms with Gasteiger partial charge in [-0.05, 0) is 82.4 Å². The van der Waals surface area contributed by atoms with E-state index in [-0.39, 0.29) is 0 Å². The van der Waals surface area contributed by atoms with Gasteiger partial charge in [0.1, 0.15) is 0 Å². The molecule has 0 fully saturated rings. The normalized spacial score (nSPS) is 11.9. The zero-order valence-corrected chi connectivity index (χ0v) is 31.7. The molecule has 0 radical (unpaired) electrons. The summed E-state index contributed by atoms with van der Waals surface area (Å²) in [5.74, 6) is 0. The van der Waals surface area contributed by atoms with Gasteiger partial charge in [0.25, 0.3) is 0 Å². The molecule has 3 heterocycles. The Kier molecular flexibility index (Phi) is 7.13. The summed E-state index contributed by atoms with van der Waals surface area (Å²) in [7, 11) is 0. The Morgan fingerprint density at radius 1 is 0.281 bits per heavy atom. The van der Waals surface area contributed by atoms with Crippen molar-refractivity contribution in [1.29, 1.82) is 0 Å². The highest BCUT2D eigenvalue weighted by atomic mass is 32.1. The van der Waals surface area contributed by atoms with Crippen molar-refractivity contribution in [2.24, 2.45) is 0 Å². The number of hydrogen-bond donors (Lipinski definition) is 0. The lowest BCUT2D eigenvalue weighted by atomic mass is 10.0. The van der Waals surface area contributed by atoms with E-state index in [0.717, 1.165) is 0 Å². The number of nitrogens with zero attached hydrogens (tertiary/aromatic N) is 2. The Balaban J connectivity index is 1.02. The second-order valence-electron chi connectivity index (χ2n) is 14.9. The van der Waals surface area contributed by atoms with E-state index < -0.39 is 0 Å². The fraction of sp³-hybridized carbons (Fsp3) is 0. The molecule has 3 aromatic heterocycles. The van der Waals surface area contributed by atoms with Crippen LogP contribution in [0.2, 0.25) is 0 Å². The van der Waals surface area contributed by atoms with Crippen LogP contribution in [0.15, 0.2) is 206 Å². The van der Waals surface area contributed by atoms with Crippen molar-refractivity contribution < 1.29 is 0 Å². The van der Waals surface area contributed by atoms with E-state index in [4.69, 9.17) is 0 Å². The van der Waals surface area contributed by atoms with Crippen LogP contribution in [0.3, 0.4) is 0 Å². The average molecular weight is 743 g/mol. The predicted octanol–water partition coefficient (Wildman–Crippen LogP) is 15.2. The van der Waals surface area contributed by atoms with Crippen molar-refractivity contribution in [3.63, 3.8) is 0 Å². The van der Waals surface area contributed by atoms with Crippen LogP contribution >= 0.6 is 11.3 Å². The van der Waals surface area contributed by atoms with Crippen LogP contribution in [0.4, 0.5) is 0 Å². The molecule has 9 aromatic carbocycles. The fourth-order valence-corrected chi connectivity index (χ4v) is 10.4. The number of rotatable bonds is 5. The third-order valence-corrected chi connectivity index (χ3v) is 12.9. The van der Waals surface area contributed by atoms with Crippen molar-refractivity contribution in [3.8, 4) is 44.8 Å². The molecule has 2 nitrogen and oxygen atoms in total. The molecule has 0 N–H and O–H groups in total. The predicted molar refractivity (Wildman–Crippen MR) is 244 cm³/mol. The molecule has 0 aliphatic rings. The maximum absolute atomic E-state index is 2.48. The molecule has 3 heteroatoms. The Morgan fingerprint density at radius 3 is 1.46 bits per heavy atom. The number of para-hydroxylation sites is 3. The monoisotopic (exact) mass is 742 g/mol. The minimum absolute atomic E-state index is 1.18. The second-order valence-corrected chi connectivity index (χ2v) is 15.9. The topological polar surface area (TPSA) is 9.86 Å². The minimum atomic E-state index is 1.18. The van der Waals surface area contributed by atoms with Crippen LogP contribution in [0, 0.1) is 0 Å². The Hall–Kier alpha value is -7.20. The maximum Gasteiger partial charge on any atom is 0.0640 e. The second kappa shape index (κ2) is 12.7. The SMILES string of the molecule is c1ccc(-c2ccc3c(c2)sc2c(-n4c5ccccc5c5cc(-c6ccc7c(c6)c6ccccc6n7-c6ccccc6-c6ccccc6)ccc54)cccc23)cc1. The summed E-state index contributed by atoms with van der Waals surface area (Å²) in [6, 6.07) is 75.5. The number of aromatic nitrogens is 2. The van der Waals surface area contributed by atoms with Gasteiger partial charge in [-0.3, -0.25) is 0 Å². The molecule has 0 unspecified atom stereocenters. The first-order valence-corrected chi connectivity index (χ1v) is 20.3. The summed E-state index contributed by atoms with van der Waals surface area (Å²) in [5, 5.41) is 7.62. The van der Waals surface area contributed by atoms with Crippen LogP contribution in [0.25, 0.3) is 109 Å². The molecule has 0 aliphatic carbocycles. The van der Waals surface area contributed by atoms with E-state index in [9.17, 15) is 0 Å². The smallest absolute Gasteiger partial charge is 0.0640 e. The zero-order valence-electron chi connectivity index (χ0n) is 30.9. The minimum Gasteiger partial charge on any atom is -0.309 e. The van der Waals surface area contributed by atoms with Crippen LogP contribution in [0.5, 0.6) is 0 Å². The van der Waals surface area contributed by atoms with Gasteiger partial charge in [-0.1, -0.05) is 152 Å². The van der Waals surface area contributed by atoms with Crippen molar-refractivity contribution >= 4 is 75.1 Å². The van der Waals surface area contributed by atoms with Crippen LogP contribution in [0.1, 0.15) is 0 Å². The van der Waals surface area contributed by atoms with Crippen LogP contribution < -0.4 is 0 Å². The van der Waals surface area contributed by atoms with Crippen molar-refractivity contribution in [1.82, 2.24) is 9.13 Å². The first kappa shape index (κ1) is 32.1. The van der Waals surface area contributed by atoms with Crippen LogP contribution in [-0.2, 0) is 0 Å². The molecular weight excluding hydrogens is 709 g/mol. The number of hydrogen-bond acceptors (Lipinski definition) is 1. The van der Waals surface area contributed by atoms with Crippen molar-refractivity contribution in [2.75, 3.05) is 0 Å². The maximum atomic E-state index is 2.48. The van der Waals surface area contributed by atoms with E-state index in [0.29, 0.717) is 0 Å². The molecule has 0 saturated carbocycles. The highest BCUT2D eigenvalue weighted by Crippen LogP contribution is 2.43. The molecule has 0 bridgehead atoms. The van der Waals surface area contributed by atoms with Crippen molar-refractivity contribution in [3.05, 3.63) is 206 Å². The summed E-state index contributed by atoms with van der Waals surface area (Å²) in [6.45, 7) is 0. The molecule has 0 amide bonds. The summed E-state index contributed by atoms with van der Waals surface area (Å²) < 4.78 is 7.53. The molecule has 266 valence electrons. The molecular formula is C54H34N2S. The molecule has 57 heavy (non-hydrogen) atoms.